The quantitative estimate of drug-likeness (QED) is 0.357. The van der Waals surface area contributed by atoms with Crippen molar-refractivity contribution in [2.75, 3.05) is 13.7 Å². The highest BCUT2D eigenvalue weighted by Gasteiger charge is 2.35. The number of rotatable bonds is 8. The molecular weight excluding hydrogens is 498 g/mol. The van der Waals surface area contributed by atoms with Crippen molar-refractivity contribution in [1.82, 2.24) is 4.90 Å². The minimum atomic E-state index is -0.481. The third-order valence-corrected chi connectivity index (χ3v) is 5.70. The van der Waals surface area contributed by atoms with Gasteiger partial charge >= 0.3 is 5.97 Å². The number of hydrogen-bond donors (Lipinski definition) is 0. The summed E-state index contributed by atoms with van der Waals surface area (Å²) in [5, 5.41) is -0.322. The minimum Gasteiger partial charge on any atom is -0.493 e. The number of amides is 2. The summed E-state index contributed by atoms with van der Waals surface area (Å²) in [6.45, 7) is 3.47. The lowest BCUT2D eigenvalue weighted by Gasteiger charge is -2.13. The molecule has 0 saturated carbocycles. The Bertz CT molecular complexity index is 1070. The van der Waals surface area contributed by atoms with Crippen LogP contribution in [-0.4, -0.2) is 41.8 Å². The van der Waals surface area contributed by atoms with Crippen LogP contribution in [0.15, 0.2) is 51.8 Å². The Balaban J connectivity index is 1.72. The number of carbonyl (C=O) groups is 3. The first kappa shape index (κ1) is 23.9. The van der Waals surface area contributed by atoms with E-state index in [0.29, 0.717) is 22.0 Å². The zero-order valence-corrected chi connectivity index (χ0v) is 20.2. The van der Waals surface area contributed by atoms with E-state index in [1.165, 1.54) is 12.0 Å². The standard InChI is InChI=1S/C23H22BrNO6S/c1-14(2)31-21(26)13-30-18-8-7-15(10-19(18)29-3)11-20-22(27)25(23(28)32-20)12-16-5-4-6-17(24)9-16/h4-11,14H,12-13H2,1-3H3/b20-11-. The van der Waals surface area contributed by atoms with E-state index in [1.807, 2.05) is 24.3 Å². The Morgan fingerprint density at radius 2 is 1.94 bits per heavy atom. The number of imide groups is 1. The van der Waals surface area contributed by atoms with Gasteiger partial charge in [0.2, 0.25) is 0 Å². The van der Waals surface area contributed by atoms with Gasteiger partial charge in [-0.05, 0) is 67.1 Å². The molecule has 7 nitrogen and oxygen atoms in total. The van der Waals surface area contributed by atoms with E-state index < -0.39 is 5.97 Å². The van der Waals surface area contributed by atoms with Gasteiger partial charge in [0.1, 0.15) is 0 Å². The van der Waals surface area contributed by atoms with E-state index >= 15 is 0 Å². The van der Waals surface area contributed by atoms with Crippen LogP contribution in [0.4, 0.5) is 4.79 Å². The molecule has 1 aliphatic heterocycles. The molecule has 0 aliphatic carbocycles. The molecule has 32 heavy (non-hydrogen) atoms. The second kappa shape index (κ2) is 10.7. The Morgan fingerprint density at radius 1 is 1.16 bits per heavy atom. The molecule has 1 saturated heterocycles. The summed E-state index contributed by atoms with van der Waals surface area (Å²) in [6, 6.07) is 12.5. The zero-order valence-electron chi connectivity index (χ0n) is 17.8. The van der Waals surface area contributed by atoms with E-state index in [2.05, 4.69) is 15.9 Å². The molecule has 2 amide bonds. The summed E-state index contributed by atoms with van der Waals surface area (Å²) < 4.78 is 16.8. The number of methoxy groups -OCH3 is 1. The molecule has 2 aromatic carbocycles. The Morgan fingerprint density at radius 3 is 2.62 bits per heavy atom. The highest BCUT2D eigenvalue weighted by atomic mass is 79.9. The minimum absolute atomic E-state index is 0.198. The average molecular weight is 520 g/mol. The number of thioether (sulfide) groups is 1. The Hall–Kier alpha value is -2.78. The maximum absolute atomic E-state index is 12.8. The molecule has 3 rings (SSSR count). The molecular formula is C23H22BrNO6S. The van der Waals surface area contributed by atoms with E-state index in [0.717, 1.165) is 21.8 Å². The van der Waals surface area contributed by atoms with Crippen LogP contribution in [0, 0.1) is 0 Å². The fraction of sp³-hybridized carbons (Fsp3) is 0.261. The Kier molecular flexibility index (Phi) is 7.98. The molecule has 0 atom stereocenters. The molecule has 0 N–H and O–H groups in total. The van der Waals surface area contributed by atoms with E-state index in [9.17, 15) is 14.4 Å². The summed E-state index contributed by atoms with van der Waals surface area (Å²) in [5.41, 5.74) is 1.51. The summed E-state index contributed by atoms with van der Waals surface area (Å²) >= 11 is 4.28. The van der Waals surface area contributed by atoms with Crippen LogP contribution in [-0.2, 0) is 20.9 Å². The molecule has 0 radical (unpaired) electrons. The van der Waals surface area contributed by atoms with Crippen LogP contribution in [0.3, 0.4) is 0 Å². The predicted molar refractivity (Wildman–Crippen MR) is 125 cm³/mol. The van der Waals surface area contributed by atoms with Crippen molar-refractivity contribution in [2.24, 2.45) is 0 Å². The fourth-order valence-electron chi connectivity index (χ4n) is 2.93. The number of carbonyl (C=O) groups excluding carboxylic acids is 3. The average Bonchev–Trinajstić information content (AvgIpc) is 2.99. The molecule has 0 aromatic heterocycles. The highest BCUT2D eigenvalue weighted by Crippen LogP contribution is 2.35. The first-order valence-electron chi connectivity index (χ1n) is 9.77. The molecule has 0 unspecified atom stereocenters. The van der Waals surface area contributed by atoms with Crippen molar-refractivity contribution in [2.45, 2.75) is 26.5 Å². The van der Waals surface area contributed by atoms with Gasteiger partial charge in [-0.2, -0.15) is 0 Å². The van der Waals surface area contributed by atoms with E-state index in [4.69, 9.17) is 14.2 Å². The number of nitrogens with zero attached hydrogens (tertiary/aromatic N) is 1. The third-order valence-electron chi connectivity index (χ3n) is 4.30. The SMILES string of the molecule is COc1cc(/C=C2\SC(=O)N(Cc3cccc(Br)c3)C2=O)ccc1OCC(=O)OC(C)C. The second-order valence-electron chi connectivity index (χ2n) is 7.14. The molecule has 1 heterocycles. The topological polar surface area (TPSA) is 82.1 Å². The monoisotopic (exact) mass is 519 g/mol. The van der Waals surface area contributed by atoms with Gasteiger partial charge in [-0.3, -0.25) is 14.5 Å². The molecule has 1 fully saturated rings. The zero-order chi connectivity index (χ0) is 23.3. The second-order valence-corrected chi connectivity index (χ2v) is 9.04. The summed E-state index contributed by atoms with van der Waals surface area (Å²) in [7, 11) is 1.48. The number of benzene rings is 2. The molecule has 168 valence electrons. The first-order chi connectivity index (χ1) is 15.3. The van der Waals surface area contributed by atoms with Crippen molar-refractivity contribution in [3.63, 3.8) is 0 Å². The largest absolute Gasteiger partial charge is 0.493 e. The van der Waals surface area contributed by atoms with Crippen molar-refractivity contribution in [3.05, 3.63) is 63.0 Å². The molecule has 9 heteroatoms. The van der Waals surface area contributed by atoms with Gasteiger partial charge in [0.25, 0.3) is 11.1 Å². The number of esters is 1. The van der Waals surface area contributed by atoms with Gasteiger partial charge in [0.15, 0.2) is 18.1 Å². The van der Waals surface area contributed by atoms with Crippen LogP contribution in [0.1, 0.15) is 25.0 Å². The first-order valence-corrected chi connectivity index (χ1v) is 11.4. The lowest BCUT2D eigenvalue weighted by molar-refractivity contribution is -0.149. The lowest BCUT2D eigenvalue weighted by Crippen LogP contribution is -2.27. The van der Waals surface area contributed by atoms with Crippen LogP contribution < -0.4 is 9.47 Å². The van der Waals surface area contributed by atoms with Crippen LogP contribution in [0.5, 0.6) is 11.5 Å². The van der Waals surface area contributed by atoms with Gasteiger partial charge < -0.3 is 14.2 Å². The van der Waals surface area contributed by atoms with Gasteiger partial charge in [-0.15, -0.1) is 0 Å². The Labute approximate surface area is 198 Å². The van der Waals surface area contributed by atoms with Crippen LogP contribution in [0.25, 0.3) is 6.08 Å². The molecule has 2 aromatic rings. The normalized spacial score (nSPS) is 14.9. The van der Waals surface area contributed by atoms with Crippen molar-refractivity contribution < 1.29 is 28.6 Å². The highest BCUT2D eigenvalue weighted by molar-refractivity contribution is 9.10. The van der Waals surface area contributed by atoms with Crippen molar-refractivity contribution in [3.8, 4) is 11.5 Å². The molecule has 0 spiro atoms. The maximum Gasteiger partial charge on any atom is 0.344 e. The van der Waals surface area contributed by atoms with Gasteiger partial charge in [-0.25, -0.2) is 4.79 Å². The van der Waals surface area contributed by atoms with Gasteiger partial charge in [0.05, 0.1) is 24.7 Å². The van der Waals surface area contributed by atoms with E-state index in [-0.39, 0.29) is 30.4 Å². The lowest BCUT2D eigenvalue weighted by atomic mass is 10.1. The number of hydrogen-bond acceptors (Lipinski definition) is 7. The third kappa shape index (κ3) is 6.14. The molecule has 1 aliphatic rings. The van der Waals surface area contributed by atoms with Crippen LogP contribution in [0.2, 0.25) is 0 Å². The summed E-state index contributed by atoms with van der Waals surface area (Å²) in [6.07, 6.45) is 1.40. The van der Waals surface area contributed by atoms with E-state index in [1.54, 1.807) is 38.1 Å². The smallest absolute Gasteiger partial charge is 0.344 e. The number of ether oxygens (including phenoxy) is 3. The number of halogens is 1. The fourth-order valence-corrected chi connectivity index (χ4v) is 4.22. The van der Waals surface area contributed by atoms with Crippen molar-refractivity contribution in [1.29, 1.82) is 0 Å². The predicted octanol–water partition coefficient (Wildman–Crippen LogP) is 5.02. The van der Waals surface area contributed by atoms with Crippen molar-refractivity contribution >= 4 is 50.9 Å². The van der Waals surface area contributed by atoms with Gasteiger partial charge in [0, 0.05) is 4.47 Å². The summed E-state index contributed by atoms with van der Waals surface area (Å²) in [4.78, 5) is 38.4. The summed E-state index contributed by atoms with van der Waals surface area (Å²) in [5.74, 6) is -0.0708. The van der Waals surface area contributed by atoms with Gasteiger partial charge in [-0.1, -0.05) is 34.1 Å². The molecule has 0 bridgehead atoms. The maximum atomic E-state index is 12.8. The van der Waals surface area contributed by atoms with Crippen LogP contribution >= 0.6 is 27.7 Å².